The third kappa shape index (κ3) is 5.84. The van der Waals surface area contributed by atoms with Gasteiger partial charge in [0.15, 0.2) is 0 Å². The van der Waals surface area contributed by atoms with E-state index in [9.17, 15) is 4.79 Å². The maximum atomic E-state index is 11.3. The highest BCUT2D eigenvalue weighted by Crippen LogP contribution is 2.22. The van der Waals surface area contributed by atoms with Gasteiger partial charge < -0.3 is 10.1 Å². The molecule has 0 radical (unpaired) electrons. The first-order chi connectivity index (χ1) is 8.29. The lowest BCUT2D eigenvalue weighted by Crippen LogP contribution is -2.36. The molecule has 1 aliphatic rings. The van der Waals surface area contributed by atoms with Crippen molar-refractivity contribution in [3.05, 3.63) is 9.66 Å². The van der Waals surface area contributed by atoms with Crippen LogP contribution in [0, 0.1) is 11.8 Å². The number of carbonyl (C=O) groups is 1. The SMILES string of the molecule is CC(COCC[Si](C)(C)C)C1C=C(I)C(=O)NC1. The lowest BCUT2D eigenvalue weighted by Gasteiger charge is -2.25. The molecule has 1 N–H and O–H groups in total. The summed E-state index contributed by atoms with van der Waals surface area (Å²) in [6, 6.07) is 1.22. The van der Waals surface area contributed by atoms with E-state index in [1.165, 1.54) is 6.04 Å². The van der Waals surface area contributed by atoms with Gasteiger partial charge in [-0.1, -0.05) is 32.6 Å². The molecule has 1 aliphatic heterocycles. The van der Waals surface area contributed by atoms with Gasteiger partial charge in [0.2, 0.25) is 0 Å². The molecule has 5 heteroatoms. The number of ether oxygens (including phenoxy) is 1. The fourth-order valence-corrected chi connectivity index (χ4v) is 3.16. The number of hydrogen-bond acceptors (Lipinski definition) is 2. The van der Waals surface area contributed by atoms with E-state index in [-0.39, 0.29) is 5.91 Å². The van der Waals surface area contributed by atoms with Gasteiger partial charge in [0.25, 0.3) is 5.91 Å². The average molecular weight is 381 g/mol. The van der Waals surface area contributed by atoms with E-state index in [4.69, 9.17) is 4.74 Å². The highest BCUT2D eigenvalue weighted by molar-refractivity contribution is 14.1. The lowest BCUT2D eigenvalue weighted by molar-refractivity contribution is -0.117. The summed E-state index contributed by atoms with van der Waals surface area (Å²) in [4.78, 5) is 11.3. The van der Waals surface area contributed by atoms with E-state index in [0.717, 1.165) is 23.3 Å². The Balaban J connectivity index is 2.29. The molecular formula is C13H24INO2Si. The first-order valence-corrected chi connectivity index (χ1v) is 11.3. The van der Waals surface area contributed by atoms with Gasteiger partial charge in [-0.3, -0.25) is 4.79 Å². The van der Waals surface area contributed by atoms with Crippen molar-refractivity contribution in [1.29, 1.82) is 0 Å². The Kier molecular flexibility index (Phi) is 6.33. The van der Waals surface area contributed by atoms with Crippen LogP contribution in [0.2, 0.25) is 25.7 Å². The molecule has 0 bridgehead atoms. The second-order valence-corrected chi connectivity index (χ2v) is 13.0. The highest BCUT2D eigenvalue weighted by atomic mass is 127. The van der Waals surface area contributed by atoms with E-state index in [2.05, 4.69) is 60.5 Å². The van der Waals surface area contributed by atoms with Crippen LogP contribution in [-0.2, 0) is 9.53 Å². The monoisotopic (exact) mass is 381 g/mol. The number of amides is 1. The van der Waals surface area contributed by atoms with Crippen molar-refractivity contribution in [2.45, 2.75) is 32.6 Å². The first-order valence-electron chi connectivity index (χ1n) is 6.53. The summed E-state index contributed by atoms with van der Waals surface area (Å²) in [6.45, 7) is 11.7. The molecule has 3 nitrogen and oxygen atoms in total. The Labute approximate surface area is 125 Å². The summed E-state index contributed by atoms with van der Waals surface area (Å²) in [7, 11) is -0.984. The molecule has 2 atom stereocenters. The van der Waals surface area contributed by atoms with Crippen molar-refractivity contribution in [2.75, 3.05) is 19.8 Å². The number of rotatable bonds is 6. The molecule has 0 saturated carbocycles. The molecule has 0 spiro atoms. The van der Waals surface area contributed by atoms with Crippen molar-refractivity contribution in [3.8, 4) is 0 Å². The zero-order chi connectivity index (χ0) is 13.8. The van der Waals surface area contributed by atoms with Gasteiger partial charge in [-0.15, -0.1) is 0 Å². The average Bonchev–Trinajstić information content (AvgIpc) is 2.26. The molecule has 18 heavy (non-hydrogen) atoms. The van der Waals surface area contributed by atoms with E-state index in [1.807, 2.05) is 0 Å². The highest BCUT2D eigenvalue weighted by Gasteiger charge is 2.23. The standard InChI is InChI=1S/C13H24INO2Si/c1-10(9-17-5-6-18(2,3)4)11-7-12(14)13(16)15-8-11/h7,10-11H,5-6,8-9H2,1-4H3,(H,15,16). The van der Waals surface area contributed by atoms with Crippen LogP contribution in [0.1, 0.15) is 6.92 Å². The lowest BCUT2D eigenvalue weighted by atomic mass is 9.92. The molecule has 1 amide bonds. The summed E-state index contributed by atoms with van der Waals surface area (Å²) >= 11 is 2.10. The zero-order valence-corrected chi connectivity index (χ0v) is 14.9. The first kappa shape index (κ1) is 16.2. The summed E-state index contributed by atoms with van der Waals surface area (Å²) in [5, 5.41) is 2.91. The van der Waals surface area contributed by atoms with Crippen LogP contribution in [0.5, 0.6) is 0 Å². The van der Waals surface area contributed by atoms with Crippen LogP contribution in [0.4, 0.5) is 0 Å². The van der Waals surface area contributed by atoms with Crippen molar-refractivity contribution >= 4 is 36.6 Å². The summed E-state index contributed by atoms with van der Waals surface area (Å²) in [5.41, 5.74) is 0. The summed E-state index contributed by atoms with van der Waals surface area (Å²) in [6.07, 6.45) is 2.08. The van der Waals surface area contributed by atoms with Gasteiger partial charge >= 0.3 is 0 Å². The predicted molar refractivity (Wildman–Crippen MR) is 86.7 cm³/mol. The minimum Gasteiger partial charge on any atom is -0.381 e. The molecule has 2 unspecified atom stereocenters. The minimum atomic E-state index is -0.984. The molecule has 0 saturated heterocycles. The Bertz CT molecular complexity index is 325. The molecule has 0 aromatic carbocycles. The zero-order valence-electron chi connectivity index (χ0n) is 11.8. The second-order valence-electron chi connectivity index (χ2n) is 6.25. The Hall–Kier alpha value is 0.117. The summed E-state index contributed by atoms with van der Waals surface area (Å²) < 4.78 is 6.58. The van der Waals surface area contributed by atoms with Gasteiger partial charge in [0, 0.05) is 33.8 Å². The Morgan fingerprint density at radius 2 is 2.22 bits per heavy atom. The van der Waals surface area contributed by atoms with E-state index in [0.29, 0.717) is 11.8 Å². The third-order valence-corrected chi connectivity index (χ3v) is 5.74. The fraction of sp³-hybridized carbons (Fsp3) is 0.769. The van der Waals surface area contributed by atoms with Gasteiger partial charge in [-0.25, -0.2) is 0 Å². The van der Waals surface area contributed by atoms with Crippen LogP contribution < -0.4 is 5.32 Å². The predicted octanol–water partition coefficient (Wildman–Crippen LogP) is 3.04. The molecule has 0 aliphatic carbocycles. The van der Waals surface area contributed by atoms with Crippen molar-refractivity contribution in [1.82, 2.24) is 5.32 Å². The smallest absolute Gasteiger partial charge is 0.257 e. The maximum absolute atomic E-state index is 11.3. The van der Waals surface area contributed by atoms with Crippen LogP contribution >= 0.6 is 22.6 Å². The van der Waals surface area contributed by atoms with Gasteiger partial charge in [0.05, 0.1) is 3.58 Å². The van der Waals surface area contributed by atoms with E-state index < -0.39 is 8.07 Å². The van der Waals surface area contributed by atoms with Gasteiger partial charge in [-0.05, 0) is 34.6 Å². The Morgan fingerprint density at radius 3 is 2.78 bits per heavy atom. The van der Waals surface area contributed by atoms with Crippen molar-refractivity contribution in [2.24, 2.45) is 11.8 Å². The molecular weight excluding hydrogens is 357 g/mol. The third-order valence-electron chi connectivity index (χ3n) is 3.18. The molecule has 0 aromatic heterocycles. The molecule has 104 valence electrons. The molecule has 0 aromatic rings. The quantitative estimate of drug-likeness (QED) is 0.436. The van der Waals surface area contributed by atoms with Crippen LogP contribution in [0.3, 0.4) is 0 Å². The molecule has 0 fully saturated rings. The topological polar surface area (TPSA) is 38.3 Å². The fourth-order valence-electron chi connectivity index (χ4n) is 1.75. The van der Waals surface area contributed by atoms with Crippen LogP contribution in [0.25, 0.3) is 0 Å². The van der Waals surface area contributed by atoms with Crippen molar-refractivity contribution < 1.29 is 9.53 Å². The van der Waals surface area contributed by atoms with Gasteiger partial charge in [-0.2, -0.15) is 0 Å². The largest absolute Gasteiger partial charge is 0.381 e. The normalized spacial score (nSPS) is 22.4. The number of hydrogen-bond donors (Lipinski definition) is 1. The Morgan fingerprint density at radius 1 is 1.56 bits per heavy atom. The molecule has 1 heterocycles. The number of carbonyl (C=O) groups excluding carboxylic acids is 1. The van der Waals surface area contributed by atoms with Crippen LogP contribution in [-0.4, -0.2) is 33.7 Å². The van der Waals surface area contributed by atoms with Gasteiger partial charge in [0.1, 0.15) is 0 Å². The minimum absolute atomic E-state index is 0.0544. The number of nitrogens with one attached hydrogen (secondary N) is 1. The second kappa shape index (κ2) is 7.05. The van der Waals surface area contributed by atoms with E-state index >= 15 is 0 Å². The molecule has 1 rings (SSSR count). The maximum Gasteiger partial charge on any atom is 0.257 e. The van der Waals surface area contributed by atoms with Crippen LogP contribution in [0.15, 0.2) is 9.66 Å². The number of halogens is 1. The van der Waals surface area contributed by atoms with Crippen molar-refractivity contribution in [3.63, 3.8) is 0 Å². The summed E-state index contributed by atoms with van der Waals surface area (Å²) in [5.74, 6) is 0.914. The van der Waals surface area contributed by atoms with E-state index in [1.54, 1.807) is 0 Å².